The number of phosphoric acid groups is 2. The minimum absolute atomic E-state index is 0.101. The van der Waals surface area contributed by atoms with Gasteiger partial charge in [0.05, 0.1) is 26.4 Å². The van der Waals surface area contributed by atoms with E-state index in [0.29, 0.717) is 37.5 Å². The molecular weight excluding hydrogens is 1050 g/mol. The zero-order valence-corrected chi connectivity index (χ0v) is 52.4. The van der Waals surface area contributed by atoms with Gasteiger partial charge in [0.2, 0.25) is 0 Å². The van der Waals surface area contributed by atoms with Crippen molar-refractivity contribution >= 4 is 39.5 Å². The summed E-state index contributed by atoms with van der Waals surface area (Å²) >= 11 is 0. The van der Waals surface area contributed by atoms with Crippen molar-refractivity contribution in [3.05, 3.63) is 0 Å². The summed E-state index contributed by atoms with van der Waals surface area (Å²) in [6.45, 7) is 9.27. The van der Waals surface area contributed by atoms with Gasteiger partial charge in [-0.3, -0.25) is 37.3 Å². The fraction of sp³-hybridized carbons (Fsp3) is 0.933. The summed E-state index contributed by atoms with van der Waals surface area (Å²) in [6, 6.07) is 0. The van der Waals surface area contributed by atoms with Gasteiger partial charge in [-0.1, -0.05) is 241 Å². The molecule has 79 heavy (non-hydrogen) atoms. The average Bonchev–Trinajstić information content (AvgIpc) is 3.40. The predicted octanol–water partition coefficient (Wildman–Crippen LogP) is 16.1. The van der Waals surface area contributed by atoms with E-state index in [1.165, 1.54) is 89.9 Å². The molecule has 2 unspecified atom stereocenters. The van der Waals surface area contributed by atoms with E-state index in [-0.39, 0.29) is 25.7 Å². The highest BCUT2D eigenvalue weighted by atomic mass is 31.2. The Hall–Kier alpha value is -1.94. The van der Waals surface area contributed by atoms with Crippen molar-refractivity contribution in [1.82, 2.24) is 0 Å². The molecule has 0 aromatic heterocycles. The van der Waals surface area contributed by atoms with Crippen molar-refractivity contribution < 1.29 is 80.2 Å². The lowest BCUT2D eigenvalue weighted by molar-refractivity contribution is -0.161. The number of carbonyl (C=O) groups is 4. The molecule has 0 amide bonds. The second-order valence-electron chi connectivity index (χ2n) is 22.7. The van der Waals surface area contributed by atoms with Gasteiger partial charge in [-0.2, -0.15) is 0 Å². The van der Waals surface area contributed by atoms with Crippen LogP contribution in [0.25, 0.3) is 0 Å². The fourth-order valence-corrected chi connectivity index (χ4v) is 10.4. The number of hydrogen-bond donors (Lipinski definition) is 3. The molecule has 0 aliphatic rings. The maximum Gasteiger partial charge on any atom is 0.472 e. The van der Waals surface area contributed by atoms with Crippen molar-refractivity contribution in [2.45, 2.75) is 310 Å². The SMILES string of the molecule is CCCCCCCCCCCCCCCC(=O)O[C@H](COC(=O)CCCCCCCCCC(C)C)COP(=O)(O)OC[C@@H](O)COP(=O)(O)OC[C@@H](COC(=O)CCCCCCCCC)OC(=O)CCCCCCCCC(C)C. The largest absolute Gasteiger partial charge is 0.472 e. The molecule has 0 aliphatic carbocycles. The van der Waals surface area contributed by atoms with E-state index in [9.17, 15) is 43.2 Å². The van der Waals surface area contributed by atoms with E-state index in [4.69, 9.17) is 37.0 Å². The maximum absolute atomic E-state index is 12.9. The molecule has 19 heteroatoms. The molecule has 0 aromatic rings. The lowest BCUT2D eigenvalue weighted by Crippen LogP contribution is -2.30. The molecule has 0 bridgehead atoms. The third-order valence-electron chi connectivity index (χ3n) is 13.7. The molecule has 0 aromatic carbocycles. The second-order valence-corrected chi connectivity index (χ2v) is 25.6. The van der Waals surface area contributed by atoms with Gasteiger partial charge in [-0.05, 0) is 37.5 Å². The van der Waals surface area contributed by atoms with E-state index >= 15 is 0 Å². The van der Waals surface area contributed by atoms with E-state index < -0.39 is 97.5 Å². The zero-order valence-electron chi connectivity index (χ0n) is 50.7. The predicted molar refractivity (Wildman–Crippen MR) is 312 cm³/mol. The van der Waals surface area contributed by atoms with Crippen molar-refractivity contribution in [1.29, 1.82) is 0 Å². The van der Waals surface area contributed by atoms with Gasteiger partial charge in [0, 0.05) is 25.7 Å². The molecule has 0 radical (unpaired) electrons. The van der Waals surface area contributed by atoms with Crippen LogP contribution in [0.4, 0.5) is 0 Å². The summed E-state index contributed by atoms with van der Waals surface area (Å²) in [6.07, 6.45) is 33.8. The Morgan fingerprint density at radius 2 is 0.582 bits per heavy atom. The van der Waals surface area contributed by atoms with Gasteiger partial charge >= 0.3 is 39.5 Å². The fourth-order valence-electron chi connectivity index (χ4n) is 8.82. The van der Waals surface area contributed by atoms with E-state index in [0.717, 1.165) is 109 Å². The van der Waals surface area contributed by atoms with Crippen LogP contribution in [-0.4, -0.2) is 96.7 Å². The van der Waals surface area contributed by atoms with Crippen molar-refractivity contribution in [2.75, 3.05) is 39.6 Å². The van der Waals surface area contributed by atoms with Gasteiger partial charge in [-0.15, -0.1) is 0 Å². The molecule has 17 nitrogen and oxygen atoms in total. The first-order valence-electron chi connectivity index (χ1n) is 31.5. The number of phosphoric ester groups is 2. The van der Waals surface area contributed by atoms with Crippen LogP contribution in [0, 0.1) is 11.8 Å². The highest BCUT2D eigenvalue weighted by Crippen LogP contribution is 2.45. The summed E-state index contributed by atoms with van der Waals surface area (Å²) in [7, 11) is -9.87. The van der Waals surface area contributed by atoms with Gasteiger partial charge in [0.25, 0.3) is 0 Å². The Balaban J connectivity index is 5.21. The first kappa shape index (κ1) is 77.1. The number of aliphatic hydroxyl groups excluding tert-OH is 1. The van der Waals surface area contributed by atoms with Gasteiger partial charge < -0.3 is 33.8 Å². The van der Waals surface area contributed by atoms with Crippen LogP contribution in [0.15, 0.2) is 0 Å². The lowest BCUT2D eigenvalue weighted by atomic mass is 10.0. The van der Waals surface area contributed by atoms with Crippen molar-refractivity contribution in [3.63, 3.8) is 0 Å². The quantitative estimate of drug-likeness (QED) is 0.0222. The molecule has 0 saturated heterocycles. The minimum Gasteiger partial charge on any atom is -0.462 e. The summed E-state index contributed by atoms with van der Waals surface area (Å²) in [5.74, 6) is -0.773. The number of hydrogen-bond acceptors (Lipinski definition) is 15. The highest BCUT2D eigenvalue weighted by Gasteiger charge is 2.30. The van der Waals surface area contributed by atoms with E-state index in [1.54, 1.807) is 0 Å². The number of rotatable bonds is 59. The smallest absolute Gasteiger partial charge is 0.462 e. The molecule has 0 aliphatic heterocycles. The Kier molecular flexibility index (Phi) is 51.5. The summed E-state index contributed by atoms with van der Waals surface area (Å²) < 4.78 is 67.7. The van der Waals surface area contributed by atoms with Crippen LogP contribution >= 0.6 is 15.6 Å². The number of unbranched alkanes of at least 4 members (excludes halogenated alkanes) is 29. The molecule has 0 saturated carbocycles. The third-order valence-corrected chi connectivity index (χ3v) is 15.6. The van der Waals surface area contributed by atoms with Gasteiger partial charge in [0.1, 0.15) is 19.3 Å². The summed E-state index contributed by atoms with van der Waals surface area (Å²) in [4.78, 5) is 71.9. The first-order valence-corrected chi connectivity index (χ1v) is 34.5. The summed E-state index contributed by atoms with van der Waals surface area (Å²) in [5, 5.41) is 10.5. The van der Waals surface area contributed by atoms with Crippen LogP contribution in [-0.2, 0) is 65.4 Å². The number of aliphatic hydroxyl groups is 1. The number of esters is 4. The van der Waals surface area contributed by atoms with Gasteiger partial charge in [-0.25, -0.2) is 9.13 Å². The maximum atomic E-state index is 12.9. The summed E-state index contributed by atoms with van der Waals surface area (Å²) in [5.41, 5.74) is 0. The molecule has 0 spiro atoms. The Bertz CT molecular complexity index is 1560. The second kappa shape index (κ2) is 52.8. The standard InChI is InChI=1S/C60H116O17P2/c1-7-9-11-13-15-16-17-18-19-20-24-32-38-44-59(64)76-55(49-71-58(63)43-37-31-25-21-23-28-34-40-52(3)4)50-74-78(66,67)72-46-54(61)47-73-79(68,69)75-51-56(48-70-57(62)42-36-30-22-14-12-10-8-2)77-60(65)45-39-33-27-26-29-35-41-53(5)6/h52-56,61H,7-51H2,1-6H3,(H,66,67)(H,68,69)/t54-,55-,56-/m1/s1. The van der Waals surface area contributed by atoms with E-state index in [1.807, 2.05) is 0 Å². The molecule has 3 N–H and O–H groups in total. The van der Waals surface area contributed by atoms with Crippen LogP contribution in [0.5, 0.6) is 0 Å². The Labute approximate surface area is 479 Å². The van der Waals surface area contributed by atoms with Crippen molar-refractivity contribution in [2.24, 2.45) is 11.8 Å². The molecular formula is C60H116O17P2. The van der Waals surface area contributed by atoms with E-state index in [2.05, 4.69) is 41.5 Å². The number of ether oxygens (including phenoxy) is 4. The normalized spacial score (nSPS) is 14.4. The molecule has 468 valence electrons. The molecule has 0 fully saturated rings. The minimum atomic E-state index is -4.94. The number of carbonyl (C=O) groups excluding carboxylic acids is 4. The van der Waals surface area contributed by atoms with Crippen LogP contribution in [0.2, 0.25) is 0 Å². The Morgan fingerprint density at radius 1 is 0.342 bits per heavy atom. The average molecular weight is 1170 g/mol. The van der Waals surface area contributed by atoms with Crippen molar-refractivity contribution in [3.8, 4) is 0 Å². The first-order chi connectivity index (χ1) is 37.9. The topological polar surface area (TPSA) is 237 Å². The molecule has 0 heterocycles. The van der Waals surface area contributed by atoms with Crippen LogP contribution in [0.1, 0.15) is 292 Å². The van der Waals surface area contributed by atoms with Crippen LogP contribution in [0.3, 0.4) is 0 Å². The molecule has 5 atom stereocenters. The Morgan fingerprint density at radius 3 is 0.861 bits per heavy atom. The highest BCUT2D eigenvalue weighted by molar-refractivity contribution is 7.47. The zero-order chi connectivity index (χ0) is 58.7. The molecule has 0 rings (SSSR count). The third kappa shape index (κ3) is 55.0. The van der Waals surface area contributed by atoms with Crippen LogP contribution < -0.4 is 0 Å². The van der Waals surface area contributed by atoms with Gasteiger partial charge in [0.15, 0.2) is 12.2 Å². The lowest BCUT2D eigenvalue weighted by Gasteiger charge is -2.21. The monoisotopic (exact) mass is 1170 g/mol.